The van der Waals surface area contributed by atoms with E-state index < -0.39 is 63.7 Å². The fourth-order valence-corrected chi connectivity index (χ4v) is 3.99. The van der Waals surface area contributed by atoms with Crippen molar-refractivity contribution in [3.05, 3.63) is 0 Å². The maximum atomic E-state index is 12.4. The number of rotatable bonds is 22. The molecule has 2 unspecified atom stereocenters. The molecule has 14 nitrogen and oxygen atoms in total. The summed E-state index contributed by atoms with van der Waals surface area (Å²) in [6.45, 7) is 2.78. The Kier molecular flexibility index (Phi) is 14.9. The summed E-state index contributed by atoms with van der Waals surface area (Å²) in [5.41, 5.74) is 0. The van der Waals surface area contributed by atoms with Crippen molar-refractivity contribution < 1.29 is 56.6 Å². The van der Waals surface area contributed by atoms with Gasteiger partial charge < -0.3 is 34.5 Å². The second-order valence-corrected chi connectivity index (χ2v) is 11.1. The van der Waals surface area contributed by atoms with Crippen LogP contribution in [0.25, 0.3) is 0 Å². The maximum absolute atomic E-state index is 12.4. The van der Waals surface area contributed by atoms with E-state index in [-0.39, 0.29) is 19.4 Å². The van der Waals surface area contributed by atoms with Gasteiger partial charge in [0.25, 0.3) is 0 Å². The monoisotopic (exact) mass is 580 g/mol. The lowest BCUT2D eigenvalue weighted by Gasteiger charge is -2.21. The van der Waals surface area contributed by atoms with Gasteiger partial charge in [0.05, 0.1) is 26.1 Å². The topological polar surface area (TPSA) is 185 Å². The van der Waals surface area contributed by atoms with Crippen molar-refractivity contribution in [2.24, 2.45) is 11.8 Å². The molecular weight excluding hydrogens is 539 g/mol. The first-order valence-corrected chi connectivity index (χ1v) is 14.7. The average molecular weight is 581 g/mol. The molecular formula is C24H41N2O12P. The molecule has 2 aliphatic rings. The minimum absolute atomic E-state index is 0.0513. The maximum Gasteiger partial charge on any atom is 0.472 e. The quantitative estimate of drug-likeness (QED) is 0.0708. The summed E-state index contributed by atoms with van der Waals surface area (Å²) < 4.78 is 42.3. The minimum atomic E-state index is -4.72. The van der Waals surface area contributed by atoms with Gasteiger partial charge >= 0.3 is 31.7 Å². The van der Waals surface area contributed by atoms with Crippen LogP contribution < -0.4 is 10.6 Å². The van der Waals surface area contributed by atoms with E-state index in [9.17, 15) is 28.6 Å². The molecule has 0 aliphatic heterocycles. The molecule has 0 aromatic carbocycles. The van der Waals surface area contributed by atoms with E-state index >= 15 is 0 Å². The van der Waals surface area contributed by atoms with Gasteiger partial charge in [-0.1, -0.05) is 0 Å². The van der Waals surface area contributed by atoms with Crippen LogP contribution in [-0.2, 0) is 51.7 Å². The Labute approximate surface area is 228 Å². The summed E-state index contributed by atoms with van der Waals surface area (Å²) in [6, 6.07) is 0. The van der Waals surface area contributed by atoms with Gasteiger partial charge in [0, 0.05) is 26.9 Å². The zero-order chi connectivity index (χ0) is 28.7. The fraction of sp³-hybridized carbons (Fsp3) is 0.833. The van der Waals surface area contributed by atoms with Crippen molar-refractivity contribution in [2.45, 2.75) is 64.6 Å². The summed E-state index contributed by atoms with van der Waals surface area (Å²) in [5, 5.41) is 6.33. The van der Waals surface area contributed by atoms with Crippen LogP contribution in [0.3, 0.4) is 0 Å². The number of hydrogen-bond donors (Lipinski definition) is 3. The molecule has 0 aromatic heterocycles. The Morgan fingerprint density at radius 3 is 1.72 bits per heavy atom. The molecule has 2 rings (SSSR count). The molecule has 3 atom stereocenters. The highest BCUT2D eigenvalue weighted by molar-refractivity contribution is 7.47. The van der Waals surface area contributed by atoms with Crippen LogP contribution >= 0.6 is 7.82 Å². The third-order valence-electron chi connectivity index (χ3n) is 5.65. The van der Waals surface area contributed by atoms with Gasteiger partial charge in [-0.2, -0.15) is 0 Å². The second-order valence-electron chi connectivity index (χ2n) is 9.68. The number of nitrogens with one attached hydrogen (secondary N) is 2. The van der Waals surface area contributed by atoms with E-state index in [1.807, 2.05) is 0 Å². The molecule has 0 radical (unpaired) electrons. The molecule has 0 bridgehead atoms. The van der Waals surface area contributed by atoms with Crippen molar-refractivity contribution >= 4 is 31.7 Å². The summed E-state index contributed by atoms with van der Waals surface area (Å²) in [5.74, 6) is -1.16. The predicted octanol–water partition coefficient (Wildman–Crippen LogP) is 0.849. The van der Waals surface area contributed by atoms with Gasteiger partial charge in [-0.25, -0.2) is 4.57 Å². The second kappa shape index (κ2) is 17.6. The molecule has 15 heteroatoms. The summed E-state index contributed by atoms with van der Waals surface area (Å²) in [7, 11) is -4.72. The van der Waals surface area contributed by atoms with Crippen LogP contribution in [0.15, 0.2) is 0 Å². The molecule has 0 aromatic rings. The molecule has 0 spiro atoms. The van der Waals surface area contributed by atoms with E-state index in [0.717, 1.165) is 26.9 Å². The zero-order valence-electron chi connectivity index (χ0n) is 22.6. The Hall–Kier alpha value is -2.09. The number of carbonyl (C=O) groups is 4. The van der Waals surface area contributed by atoms with E-state index in [1.54, 1.807) is 0 Å². The molecule has 2 saturated carbocycles. The Morgan fingerprint density at radius 1 is 0.744 bits per heavy atom. The predicted molar refractivity (Wildman–Crippen MR) is 135 cm³/mol. The van der Waals surface area contributed by atoms with E-state index in [4.69, 9.17) is 28.0 Å². The average Bonchev–Trinajstić information content (AvgIpc) is 3.78. The van der Waals surface area contributed by atoms with Crippen molar-refractivity contribution in [2.75, 3.05) is 52.6 Å². The summed E-state index contributed by atoms with van der Waals surface area (Å²) >= 11 is 0. The first-order chi connectivity index (χ1) is 18.5. The van der Waals surface area contributed by atoms with Crippen LogP contribution in [0.1, 0.15) is 52.4 Å². The number of phosphoric acid groups is 1. The summed E-state index contributed by atoms with van der Waals surface area (Å²) in [6.07, 6.45) is 2.57. The third kappa shape index (κ3) is 18.0. The highest BCUT2D eigenvalue weighted by atomic mass is 31.2. The summed E-state index contributed by atoms with van der Waals surface area (Å²) in [4.78, 5) is 56.7. The number of esters is 4. The molecule has 3 N–H and O–H groups in total. The first kappa shape index (κ1) is 33.1. The highest BCUT2D eigenvalue weighted by Crippen LogP contribution is 2.43. The van der Waals surface area contributed by atoms with Gasteiger partial charge in [-0.05, 0) is 50.6 Å². The zero-order valence-corrected chi connectivity index (χ0v) is 23.5. The van der Waals surface area contributed by atoms with Crippen LogP contribution in [0.4, 0.5) is 0 Å². The molecule has 224 valence electrons. The van der Waals surface area contributed by atoms with Gasteiger partial charge in [-0.3, -0.25) is 28.2 Å². The molecule has 2 fully saturated rings. The largest absolute Gasteiger partial charge is 0.472 e. The number of carbonyl (C=O) groups excluding carboxylic acids is 4. The van der Waals surface area contributed by atoms with Crippen molar-refractivity contribution in [1.82, 2.24) is 10.6 Å². The van der Waals surface area contributed by atoms with Gasteiger partial charge in [0.2, 0.25) is 0 Å². The smallest absolute Gasteiger partial charge is 0.462 e. The molecule has 0 amide bonds. The minimum Gasteiger partial charge on any atom is -0.462 e. The standard InChI is InChI=1S/C24H41N2O12P/c1-17(27)33-13-21(37-18(2)28)15-35-39(31,32)36-16-22(38-24(30)8-10-26-12-20-5-6-20)14-34-23(29)7-9-25-11-19-3-4-19/h19-22,25-26H,3-16H2,1-2H3,(H,31,32)/t21-,22?/m1/s1. The number of hydrogen-bond acceptors (Lipinski definition) is 13. The number of phosphoric ester groups is 1. The fourth-order valence-electron chi connectivity index (χ4n) is 3.21. The normalized spacial score (nSPS) is 17.9. The van der Waals surface area contributed by atoms with E-state index in [1.165, 1.54) is 25.7 Å². The lowest BCUT2D eigenvalue weighted by molar-refractivity contribution is -0.161. The van der Waals surface area contributed by atoms with Gasteiger partial charge in [-0.15, -0.1) is 0 Å². The van der Waals surface area contributed by atoms with Crippen LogP contribution in [0.5, 0.6) is 0 Å². The van der Waals surface area contributed by atoms with Crippen molar-refractivity contribution in [1.29, 1.82) is 0 Å². The van der Waals surface area contributed by atoms with Crippen molar-refractivity contribution in [3.8, 4) is 0 Å². The molecule has 39 heavy (non-hydrogen) atoms. The van der Waals surface area contributed by atoms with Gasteiger partial charge in [0.1, 0.15) is 13.2 Å². The Bertz CT molecular complexity index is 849. The molecule has 0 heterocycles. The Balaban J connectivity index is 1.80. The van der Waals surface area contributed by atoms with Gasteiger partial charge in [0.15, 0.2) is 12.2 Å². The lowest BCUT2D eigenvalue weighted by atomic mass is 10.3. The number of ether oxygens (including phenoxy) is 4. The SMILES string of the molecule is CC(=O)OC[C@H](COP(=O)(O)OCC(COC(=O)CCNCC1CC1)OC(=O)CCNCC1CC1)OC(C)=O. The Morgan fingerprint density at radius 2 is 1.23 bits per heavy atom. The van der Waals surface area contributed by atoms with Crippen LogP contribution in [0.2, 0.25) is 0 Å². The van der Waals surface area contributed by atoms with Crippen LogP contribution in [-0.4, -0.2) is 93.6 Å². The van der Waals surface area contributed by atoms with Crippen molar-refractivity contribution in [3.63, 3.8) is 0 Å². The molecule has 0 saturated heterocycles. The van der Waals surface area contributed by atoms with Crippen LogP contribution in [0, 0.1) is 11.8 Å². The molecule has 2 aliphatic carbocycles. The first-order valence-electron chi connectivity index (χ1n) is 13.2. The third-order valence-corrected chi connectivity index (χ3v) is 6.60. The van der Waals surface area contributed by atoms with E-state index in [2.05, 4.69) is 10.6 Å². The van der Waals surface area contributed by atoms with E-state index in [0.29, 0.717) is 24.9 Å². The highest BCUT2D eigenvalue weighted by Gasteiger charge is 2.29. The lowest BCUT2D eigenvalue weighted by Crippen LogP contribution is -2.32.